The van der Waals surface area contributed by atoms with Crippen LogP contribution in [0.2, 0.25) is 5.15 Å². The molecule has 1 aliphatic heterocycles. The van der Waals surface area contributed by atoms with Gasteiger partial charge in [0.1, 0.15) is 17.3 Å². The Morgan fingerprint density at radius 2 is 2.45 bits per heavy atom. The molecule has 0 bridgehead atoms. The zero-order valence-electron chi connectivity index (χ0n) is 5.51. The largest absolute Gasteiger partial charge is 0.368 e. The lowest BCUT2D eigenvalue weighted by atomic mass is 10.3. The Morgan fingerprint density at radius 1 is 1.64 bits per heavy atom. The van der Waals surface area contributed by atoms with E-state index in [1.165, 1.54) is 6.33 Å². The average molecular weight is 281 g/mol. The molecule has 0 spiro atoms. The SMILES string of the molecule is Clc1ncnc2c1C(I)CN2. The second-order valence-corrected chi connectivity index (χ2v) is 4.14. The predicted octanol–water partition coefficient (Wildman–Crippen LogP) is 2.03. The van der Waals surface area contributed by atoms with Gasteiger partial charge in [0.15, 0.2) is 0 Å². The lowest BCUT2D eigenvalue weighted by Crippen LogP contribution is -1.94. The Balaban J connectivity index is 2.58. The van der Waals surface area contributed by atoms with Gasteiger partial charge < -0.3 is 5.32 Å². The van der Waals surface area contributed by atoms with E-state index in [4.69, 9.17) is 11.6 Å². The summed E-state index contributed by atoms with van der Waals surface area (Å²) in [6.07, 6.45) is 1.48. The van der Waals surface area contributed by atoms with Gasteiger partial charge in [-0.1, -0.05) is 34.2 Å². The van der Waals surface area contributed by atoms with Crippen molar-refractivity contribution in [2.75, 3.05) is 11.9 Å². The molecule has 1 unspecified atom stereocenters. The van der Waals surface area contributed by atoms with Crippen LogP contribution >= 0.6 is 34.2 Å². The summed E-state index contributed by atoms with van der Waals surface area (Å²) in [5.41, 5.74) is 1.04. The Bertz CT molecular complexity index is 291. The van der Waals surface area contributed by atoms with Crippen LogP contribution in [0.25, 0.3) is 0 Å². The molecule has 0 fully saturated rings. The number of nitrogens with zero attached hydrogens (tertiary/aromatic N) is 2. The van der Waals surface area contributed by atoms with Gasteiger partial charge >= 0.3 is 0 Å². The van der Waals surface area contributed by atoms with Crippen LogP contribution in [0.1, 0.15) is 9.49 Å². The number of nitrogens with one attached hydrogen (secondary N) is 1. The second kappa shape index (κ2) is 2.75. The lowest BCUT2D eigenvalue weighted by molar-refractivity contribution is 1.09. The van der Waals surface area contributed by atoms with E-state index in [-0.39, 0.29) is 0 Å². The molecule has 1 atom stereocenters. The molecule has 3 nitrogen and oxygen atoms in total. The number of halogens is 2. The van der Waals surface area contributed by atoms with Gasteiger partial charge in [-0.2, -0.15) is 0 Å². The van der Waals surface area contributed by atoms with Gasteiger partial charge in [0.05, 0.1) is 3.92 Å². The maximum absolute atomic E-state index is 5.87. The van der Waals surface area contributed by atoms with Crippen molar-refractivity contribution in [2.24, 2.45) is 0 Å². The van der Waals surface area contributed by atoms with Crippen LogP contribution in [0.5, 0.6) is 0 Å². The van der Waals surface area contributed by atoms with Crippen LogP contribution in [0.4, 0.5) is 5.82 Å². The molecule has 2 rings (SSSR count). The Labute approximate surface area is 82.7 Å². The molecule has 0 saturated carbocycles. The highest BCUT2D eigenvalue weighted by Gasteiger charge is 2.23. The first-order valence-electron chi connectivity index (χ1n) is 3.17. The number of fused-ring (bicyclic) bond motifs is 1. The Morgan fingerprint density at radius 3 is 3.18 bits per heavy atom. The fraction of sp³-hybridized carbons (Fsp3) is 0.333. The van der Waals surface area contributed by atoms with Crippen LogP contribution in [0.3, 0.4) is 0 Å². The van der Waals surface area contributed by atoms with Gasteiger partial charge in [-0.15, -0.1) is 0 Å². The number of rotatable bonds is 0. The standard InChI is InChI=1S/C6H5ClIN3/c7-5-4-3(8)1-9-6(4)11-2-10-5/h2-3H,1H2,(H,9,10,11). The number of alkyl halides is 1. The third-order valence-electron chi connectivity index (χ3n) is 1.60. The molecule has 1 N–H and O–H groups in total. The molecule has 2 heterocycles. The third kappa shape index (κ3) is 1.18. The first-order chi connectivity index (χ1) is 5.29. The van der Waals surface area contributed by atoms with Gasteiger partial charge in [0.2, 0.25) is 0 Å². The highest BCUT2D eigenvalue weighted by atomic mass is 127. The summed E-state index contributed by atoms with van der Waals surface area (Å²) in [6.45, 7) is 0.897. The minimum Gasteiger partial charge on any atom is -0.368 e. The van der Waals surface area contributed by atoms with Crippen molar-refractivity contribution >= 4 is 40.0 Å². The quantitative estimate of drug-likeness (QED) is 0.449. The maximum Gasteiger partial charge on any atom is 0.138 e. The van der Waals surface area contributed by atoms with Gasteiger partial charge in [-0.05, 0) is 0 Å². The number of aromatic nitrogens is 2. The van der Waals surface area contributed by atoms with Crippen LogP contribution in [-0.2, 0) is 0 Å². The third-order valence-corrected chi connectivity index (χ3v) is 2.96. The lowest BCUT2D eigenvalue weighted by Gasteiger charge is -2.00. The van der Waals surface area contributed by atoms with Crippen molar-refractivity contribution in [3.05, 3.63) is 17.0 Å². The molecule has 0 radical (unpaired) electrons. The molecule has 5 heteroatoms. The summed E-state index contributed by atoms with van der Waals surface area (Å²) in [7, 11) is 0. The Hall–Kier alpha value is -0.100. The van der Waals surface area contributed by atoms with Crippen molar-refractivity contribution < 1.29 is 0 Å². The van der Waals surface area contributed by atoms with E-state index in [1.54, 1.807) is 0 Å². The topological polar surface area (TPSA) is 37.8 Å². The van der Waals surface area contributed by atoms with E-state index < -0.39 is 0 Å². The smallest absolute Gasteiger partial charge is 0.138 e. The van der Waals surface area contributed by atoms with E-state index in [1.807, 2.05) is 0 Å². The zero-order valence-corrected chi connectivity index (χ0v) is 8.43. The van der Waals surface area contributed by atoms with Crippen molar-refractivity contribution in [1.82, 2.24) is 9.97 Å². The van der Waals surface area contributed by atoms with Gasteiger partial charge in [0, 0.05) is 12.1 Å². The van der Waals surface area contributed by atoms with E-state index in [0.717, 1.165) is 17.9 Å². The summed E-state index contributed by atoms with van der Waals surface area (Å²) in [4.78, 5) is 7.97. The van der Waals surface area contributed by atoms with Crippen LogP contribution in [0, 0.1) is 0 Å². The molecular formula is C6H5ClIN3. The van der Waals surface area contributed by atoms with Gasteiger partial charge in [-0.3, -0.25) is 0 Å². The first kappa shape index (κ1) is 7.54. The van der Waals surface area contributed by atoms with Crippen LogP contribution in [0.15, 0.2) is 6.33 Å². The second-order valence-electron chi connectivity index (χ2n) is 2.28. The molecule has 0 amide bonds. The molecule has 1 aromatic rings. The molecule has 1 aliphatic rings. The summed E-state index contributed by atoms with van der Waals surface area (Å²) >= 11 is 8.19. The average Bonchev–Trinajstić information content (AvgIpc) is 2.34. The summed E-state index contributed by atoms with van der Waals surface area (Å²) in [5.74, 6) is 0.879. The first-order valence-corrected chi connectivity index (χ1v) is 4.79. The van der Waals surface area contributed by atoms with Crippen LogP contribution in [-0.4, -0.2) is 16.5 Å². The van der Waals surface area contributed by atoms with E-state index in [0.29, 0.717) is 9.08 Å². The molecular weight excluding hydrogens is 276 g/mol. The highest BCUT2D eigenvalue weighted by molar-refractivity contribution is 14.1. The van der Waals surface area contributed by atoms with E-state index in [2.05, 4.69) is 37.9 Å². The van der Waals surface area contributed by atoms with Crippen molar-refractivity contribution in [3.8, 4) is 0 Å². The fourth-order valence-electron chi connectivity index (χ4n) is 1.08. The van der Waals surface area contributed by atoms with Crippen molar-refractivity contribution in [1.29, 1.82) is 0 Å². The number of anilines is 1. The molecule has 0 aromatic carbocycles. The molecule has 0 aliphatic carbocycles. The molecule has 0 saturated heterocycles. The van der Waals surface area contributed by atoms with Crippen molar-refractivity contribution in [2.45, 2.75) is 3.92 Å². The van der Waals surface area contributed by atoms with Gasteiger partial charge in [0.25, 0.3) is 0 Å². The van der Waals surface area contributed by atoms with Crippen molar-refractivity contribution in [3.63, 3.8) is 0 Å². The highest BCUT2D eigenvalue weighted by Crippen LogP contribution is 2.37. The monoisotopic (exact) mass is 281 g/mol. The summed E-state index contributed by atoms with van der Waals surface area (Å²) in [5, 5.41) is 3.72. The predicted molar refractivity (Wildman–Crippen MR) is 52.3 cm³/mol. The zero-order chi connectivity index (χ0) is 7.84. The van der Waals surface area contributed by atoms with E-state index >= 15 is 0 Å². The molecule has 11 heavy (non-hydrogen) atoms. The summed E-state index contributed by atoms with van der Waals surface area (Å²) in [6, 6.07) is 0. The maximum atomic E-state index is 5.87. The number of hydrogen-bond acceptors (Lipinski definition) is 3. The van der Waals surface area contributed by atoms with Gasteiger partial charge in [-0.25, -0.2) is 9.97 Å². The van der Waals surface area contributed by atoms with Crippen LogP contribution < -0.4 is 5.32 Å². The van der Waals surface area contributed by atoms with E-state index in [9.17, 15) is 0 Å². The minimum absolute atomic E-state index is 0.399. The molecule has 1 aromatic heterocycles. The Kier molecular flexibility index (Phi) is 1.88. The minimum atomic E-state index is 0.399. The number of hydrogen-bond donors (Lipinski definition) is 1. The summed E-state index contributed by atoms with van der Waals surface area (Å²) < 4.78 is 0.399. The molecule has 58 valence electrons. The fourth-order valence-corrected chi connectivity index (χ4v) is 2.34. The normalized spacial score (nSPS) is 21.1.